The Kier molecular flexibility index (Phi) is 5.29. The van der Waals surface area contributed by atoms with Gasteiger partial charge in [0, 0.05) is 18.2 Å². The number of carbonyl (C=O) groups is 1. The maximum atomic E-state index is 11.6. The van der Waals surface area contributed by atoms with Gasteiger partial charge in [-0.25, -0.2) is 0 Å². The number of nitrogens with one attached hydrogen (secondary N) is 1. The van der Waals surface area contributed by atoms with Crippen LogP contribution in [-0.2, 0) is 16.0 Å². The maximum absolute atomic E-state index is 11.6. The minimum Gasteiger partial charge on any atom is -0.383 e. The van der Waals surface area contributed by atoms with Gasteiger partial charge in [0.05, 0.1) is 13.0 Å². The normalized spacial score (nSPS) is 12.2. The molecule has 0 heterocycles. The van der Waals surface area contributed by atoms with Crippen molar-refractivity contribution in [3.8, 4) is 0 Å². The van der Waals surface area contributed by atoms with Gasteiger partial charge in [-0.3, -0.25) is 4.79 Å². The molecule has 0 saturated heterocycles. The summed E-state index contributed by atoms with van der Waals surface area (Å²) in [5.41, 5.74) is 0.950. The van der Waals surface area contributed by atoms with Crippen LogP contribution in [0, 0.1) is 0 Å². The van der Waals surface area contributed by atoms with E-state index in [1.807, 2.05) is 19.1 Å². The second-order valence-corrected chi connectivity index (χ2v) is 4.16. The number of hydrogen-bond acceptors (Lipinski definition) is 2. The molecule has 0 aliphatic heterocycles. The minimum absolute atomic E-state index is 0.00753. The smallest absolute Gasteiger partial charge is 0.224 e. The van der Waals surface area contributed by atoms with E-state index in [4.69, 9.17) is 16.3 Å². The number of ether oxygens (including phenoxy) is 1. The van der Waals surface area contributed by atoms with Gasteiger partial charge in [0.2, 0.25) is 5.91 Å². The third-order valence-electron chi connectivity index (χ3n) is 2.10. The predicted octanol–water partition coefficient (Wildman–Crippen LogP) is 2.03. The van der Waals surface area contributed by atoms with Gasteiger partial charge in [0.1, 0.15) is 0 Å². The lowest BCUT2D eigenvalue weighted by Crippen LogP contribution is -2.36. The summed E-state index contributed by atoms with van der Waals surface area (Å²) in [5.74, 6) is -0.00753. The van der Waals surface area contributed by atoms with Crippen LogP contribution in [0.4, 0.5) is 0 Å². The van der Waals surface area contributed by atoms with Crippen LogP contribution >= 0.6 is 11.6 Å². The summed E-state index contributed by atoms with van der Waals surface area (Å²) >= 11 is 5.76. The van der Waals surface area contributed by atoms with E-state index in [2.05, 4.69) is 5.32 Å². The van der Waals surface area contributed by atoms with Crippen molar-refractivity contribution >= 4 is 17.5 Å². The fourth-order valence-electron chi connectivity index (χ4n) is 1.41. The molecule has 1 rings (SSSR count). The number of halogens is 1. The number of benzene rings is 1. The van der Waals surface area contributed by atoms with Crippen molar-refractivity contribution < 1.29 is 9.53 Å². The fraction of sp³-hybridized carbons (Fsp3) is 0.417. The summed E-state index contributed by atoms with van der Waals surface area (Å²) in [6, 6.07) is 7.29. The number of rotatable bonds is 5. The highest BCUT2D eigenvalue weighted by Gasteiger charge is 2.07. The van der Waals surface area contributed by atoms with Crippen LogP contribution < -0.4 is 5.32 Å². The van der Waals surface area contributed by atoms with E-state index in [1.54, 1.807) is 19.2 Å². The first-order chi connectivity index (χ1) is 7.61. The molecule has 0 aliphatic rings. The Morgan fingerprint density at radius 3 is 2.62 bits per heavy atom. The molecule has 88 valence electrons. The van der Waals surface area contributed by atoms with E-state index < -0.39 is 0 Å². The van der Waals surface area contributed by atoms with Crippen molar-refractivity contribution in [3.05, 3.63) is 34.9 Å². The summed E-state index contributed by atoms with van der Waals surface area (Å²) in [6.07, 6.45) is 0.366. The first kappa shape index (κ1) is 13.0. The first-order valence-electron chi connectivity index (χ1n) is 5.14. The molecule has 0 fully saturated rings. The van der Waals surface area contributed by atoms with Crippen LogP contribution in [0.5, 0.6) is 0 Å². The maximum Gasteiger partial charge on any atom is 0.224 e. The third kappa shape index (κ3) is 4.64. The van der Waals surface area contributed by atoms with Gasteiger partial charge < -0.3 is 10.1 Å². The molecule has 0 saturated carbocycles. The largest absolute Gasteiger partial charge is 0.383 e. The summed E-state index contributed by atoms with van der Waals surface area (Å²) < 4.78 is 4.94. The Labute approximate surface area is 101 Å². The molecule has 1 aromatic carbocycles. The van der Waals surface area contributed by atoms with Crippen molar-refractivity contribution in [3.63, 3.8) is 0 Å². The molecule has 0 radical (unpaired) electrons. The van der Waals surface area contributed by atoms with Gasteiger partial charge in [-0.15, -0.1) is 0 Å². The van der Waals surface area contributed by atoms with Gasteiger partial charge in [-0.2, -0.15) is 0 Å². The second kappa shape index (κ2) is 6.51. The average Bonchev–Trinajstić information content (AvgIpc) is 2.21. The van der Waals surface area contributed by atoms with Crippen molar-refractivity contribution in [2.45, 2.75) is 19.4 Å². The van der Waals surface area contributed by atoms with Gasteiger partial charge in [-0.05, 0) is 24.6 Å². The lowest BCUT2D eigenvalue weighted by Gasteiger charge is -2.12. The van der Waals surface area contributed by atoms with E-state index in [9.17, 15) is 4.79 Å². The van der Waals surface area contributed by atoms with Crippen LogP contribution in [0.1, 0.15) is 12.5 Å². The quantitative estimate of drug-likeness (QED) is 0.857. The molecule has 0 aromatic heterocycles. The van der Waals surface area contributed by atoms with Crippen LogP contribution in [-0.4, -0.2) is 25.7 Å². The minimum atomic E-state index is -0.00753. The van der Waals surface area contributed by atoms with Crippen LogP contribution in [0.2, 0.25) is 5.02 Å². The lowest BCUT2D eigenvalue weighted by molar-refractivity contribution is -0.121. The van der Waals surface area contributed by atoms with E-state index in [-0.39, 0.29) is 11.9 Å². The molecule has 0 spiro atoms. The number of hydrogen-bond donors (Lipinski definition) is 1. The van der Waals surface area contributed by atoms with Gasteiger partial charge in [-0.1, -0.05) is 23.7 Å². The molecule has 0 unspecified atom stereocenters. The Hall–Kier alpha value is -1.06. The molecule has 0 bridgehead atoms. The Balaban J connectivity index is 2.42. The Morgan fingerprint density at radius 1 is 1.44 bits per heavy atom. The molecule has 3 nitrogen and oxygen atoms in total. The lowest BCUT2D eigenvalue weighted by atomic mass is 10.1. The summed E-state index contributed by atoms with van der Waals surface area (Å²) in [4.78, 5) is 11.6. The zero-order chi connectivity index (χ0) is 12.0. The Bertz CT molecular complexity index is 337. The topological polar surface area (TPSA) is 38.3 Å². The molecule has 0 aliphatic carbocycles. The second-order valence-electron chi connectivity index (χ2n) is 3.73. The zero-order valence-corrected chi connectivity index (χ0v) is 10.3. The molecule has 4 heteroatoms. The highest BCUT2D eigenvalue weighted by molar-refractivity contribution is 6.30. The van der Waals surface area contributed by atoms with Crippen molar-refractivity contribution in [1.29, 1.82) is 0 Å². The molecule has 1 N–H and O–H groups in total. The van der Waals surface area contributed by atoms with E-state index in [1.165, 1.54) is 0 Å². The van der Waals surface area contributed by atoms with E-state index in [0.717, 1.165) is 5.56 Å². The number of methoxy groups -OCH3 is 1. The Morgan fingerprint density at radius 2 is 2.06 bits per heavy atom. The standard InChI is InChI=1S/C12H16ClNO2/c1-9(8-16-2)14-12(15)7-10-3-5-11(13)6-4-10/h3-6,9H,7-8H2,1-2H3,(H,14,15)/t9-/m1/s1. The van der Waals surface area contributed by atoms with E-state index in [0.29, 0.717) is 18.1 Å². The molecule has 16 heavy (non-hydrogen) atoms. The number of amides is 1. The van der Waals surface area contributed by atoms with Gasteiger partial charge in [0.25, 0.3) is 0 Å². The molecule has 1 atom stereocenters. The fourth-order valence-corrected chi connectivity index (χ4v) is 1.53. The average molecular weight is 242 g/mol. The summed E-state index contributed by atoms with van der Waals surface area (Å²) in [6.45, 7) is 2.43. The molecule has 1 amide bonds. The SMILES string of the molecule is COC[C@@H](C)NC(=O)Cc1ccc(Cl)cc1. The van der Waals surface area contributed by atoms with E-state index >= 15 is 0 Å². The van der Waals surface area contributed by atoms with Crippen LogP contribution in [0.15, 0.2) is 24.3 Å². The third-order valence-corrected chi connectivity index (χ3v) is 2.35. The predicted molar refractivity (Wildman–Crippen MR) is 64.6 cm³/mol. The molecule has 1 aromatic rings. The highest BCUT2D eigenvalue weighted by Crippen LogP contribution is 2.09. The van der Waals surface area contributed by atoms with Crippen LogP contribution in [0.25, 0.3) is 0 Å². The molecular formula is C12H16ClNO2. The highest BCUT2D eigenvalue weighted by atomic mass is 35.5. The number of carbonyl (C=O) groups excluding carboxylic acids is 1. The first-order valence-corrected chi connectivity index (χ1v) is 5.52. The molecular weight excluding hydrogens is 226 g/mol. The van der Waals surface area contributed by atoms with Crippen molar-refractivity contribution in [2.24, 2.45) is 0 Å². The van der Waals surface area contributed by atoms with Crippen LogP contribution in [0.3, 0.4) is 0 Å². The zero-order valence-electron chi connectivity index (χ0n) is 9.50. The summed E-state index contributed by atoms with van der Waals surface area (Å²) in [5, 5.41) is 3.52. The van der Waals surface area contributed by atoms with Crippen molar-refractivity contribution in [2.75, 3.05) is 13.7 Å². The monoisotopic (exact) mass is 241 g/mol. The van der Waals surface area contributed by atoms with Crippen molar-refractivity contribution in [1.82, 2.24) is 5.32 Å². The summed E-state index contributed by atoms with van der Waals surface area (Å²) in [7, 11) is 1.61. The van der Waals surface area contributed by atoms with Gasteiger partial charge >= 0.3 is 0 Å². The van der Waals surface area contributed by atoms with Gasteiger partial charge in [0.15, 0.2) is 0 Å².